The van der Waals surface area contributed by atoms with Crippen molar-refractivity contribution in [3.8, 4) is 0 Å². The van der Waals surface area contributed by atoms with Crippen molar-refractivity contribution in [1.29, 1.82) is 0 Å². The van der Waals surface area contributed by atoms with Crippen molar-refractivity contribution < 1.29 is 15.2 Å². The first-order valence-corrected chi connectivity index (χ1v) is 3.74. The van der Waals surface area contributed by atoms with Gasteiger partial charge in [0.15, 0.2) is 0 Å². The molecule has 0 aromatic carbocycles. The van der Waals surface area contributed by atoms with Crippen molar-refractivity contribution in [3.05, 3.63) is 0 Å². The van der Waals surface area contributed by atoms with E-state index < -0.39 is 5.91 Å². The first kappa shape index (κ1) is 10.4. The Hall–Kier alpha value is -0.610. The van der Waals surface area contributed by atoms with Crippen LogP contribution >= 0.6 is 0 Å². The number of amides is 1. The summed E-state index contributed by atoms with van der Waals surface area (Å²) in [5, 5.41) is 16.1. The van der Waals surface area contributed by atoms with Crippen LogP contribution in [-0.4, -0.2) is 21.5 Å². The Kier molecular flexibility index (Phi) is 4.81. The molecule has 0 heterocycles. The van der Waals surface area contributed by atoms with Crippen LogP contribution in [0.25, 0.3) is 0 Å². The fourth-order valence-corrected chi connectivity index (χ4v) is 0.762. The highest BCUT2D eigenvalue weighted by Crippen LogP contribution is 2.06. The predicted molar refractivity (Wildman–Crippen MR) is 39.1 cm³/mol. The van der Waals surface area contributed by atoms with Crippen LogP contribution in [0.1, 0.15) is 33.1 Å². The molecule has 0 fully saturated rings. The molecule has 0 saturated carbocycles. The van der Waals surface area contributed by atoms with E-state index in [9.17, 15) is 4.79 Å². The van der Waals surface area contributed by atoms with Crippen molar-refractivity contribution >= 4 is 5.91 Å². The zero-order valence-corrected chi connectivity index (χ0v) is 6.95. The lowest BCUT2D eigenvalue weighted by atomic mass is 10.1. The largest absolute Gasteiger partial charge is 0.273 e. The minimum atomic E-state index is -0.648. The highest BCUT2D eigenvalue weighted by atomic mass is 16.8. The van der Waals surface area contributed by atoms with E-state index in [0.717, 1.165) is 6.42 Å². The van der Waals surface area contributed by atoms with Gasteiger partial charge in [-0.1, -0.05) is 25.5 Å². The topological polar surface area (TPSA) is 60.8 Å². The molecule has 0 saturated heterocycles. The second kappa shape index (κ2) is 5.09. The summed E-state index contributed by atoms with van der Waals surface area (Å²) in [6, 6.07) is 0. The third-order valence-corrected chi connectivity index (χ3v) is 1.40. The van der Waals surface area contributed by atoms with Gasteiger partial charge in [0.05, 0.1) is 0 Å². The number of hydrogen-bond donors (Lipinski definition) is 2. The van der Waals surface area contributed by atoms with Crippen molar-refractivity contribution in [2.75, 3.05) is 0 Å². The average Bonchev–Trinajstić information content (AvgIpc) is 1.86. The molecule has 1 amide bonds. The Morgan fingerprint density at radius 1 is 1.45 bits per heavy atom. The summed E-state index contributed by atoms with van der Waals surface area (Å²) in [4.78, 5) is 10.6. The third-order valence-electron chi connectivity index (χ3n) is 1.40. The number of rotatable bonds is 4. The van der Waals surface area contributed by atoms with Crippen LogP contribution in [0.2, 0.25) is 0 Å². The van der Waals surface area contributed by atoms with Gasteiger partial charge in [0, 0.05) is 6.42 Å². The maximum Gasteiger partial charge on any atom is 0.273 e. The lowest BCUT2D eigenvalue weighted by molar-refractivity contribution is -0.285. The lowest BCUT2D eigenvalue weighted by Crippen LogP contribution is -2.22. The summed E-state index contributed by atoms with van der Waals surface area (Å²) < 4.78 is 0. The van der Waals surface area contributed by atoms with E-state index in [-0.39, 0.29) is 11.6 Å². The Balaban J connectivity index is 3.32. The Bertz CT molecular complexity index is 123. The number of hydroxylamine groups is 2. The molecule has 11 heavy (non-hydrogen) atoms. The van der Waals surface area contributed by atoms with Gasteiger partial charge in [0.1, 0.15) is 0 Å². The van der Waals surface area contributed by atoms with E-state index in [4.69, 9.17) is 10.4 Å². The molecular formula is C7H15NO3. The molecule has 0 radical (unpaired) electrons. The van der Waals surface area contributed by atoms with Crippen molar-refractivity contribution in [2.24, 2.45) is 5.92 Å². The van der Waals surface area contributed by atoms with Crippen LogP contribution in [-0.2, 0) is 4.79 Å². The van der Waals surface area contributed by atoms with Gasteiger partial charge in [-0.3, -0.25) is 15.2 Å². The minimum absolute atomic E-state index is 0.200. The van der Waals surface area contributed by atoms with Crippen LogP contribution in [0.5, 0.6) is 0 Å². The van der Waals surface area contributed by atoms with E-state index in [0.29, 0.717) is 12.3 Å². The zero-order valence-electron chi connectivity index (χ0n) is 6.95. The molecule has 0 aromatic rings. The summed E-state index contributed by atoms with van der Waals surface area (Å²) in [7, 11) is 0. The third kappa shape index (κ3) is 5.82. The van der Waals surface area contributed by atoms with Crippen LogP contribution in [0.4, 0.5) is 0 Å². The molecule has 66 valence electrons. The van der Waals surface area contributed by atoms with Crippen LogP contribution in [0.15, 0.2) is 0 Å². The second-order valence-electron chi connectivity index (χ2n) is 2.97. The molecule has 0 atom stereocenters. The molecule has 4 nitrogen and oxygen atoms in total. The highest BCUT2D eigenvalue weighted by Gasteiger charge is 2.06. The number of carbonyl (C=O) groups is 1. The number of carbonyl (C=O) groups excluding carboxylic acids is 1. The monoisotopic (exact) mass is 161 g/mol. The average molecular weight is 161 g/mol. The molecular weight excluding hydrogens is 146 g/mol. The molecule has 0 aliphatic heterocycles. The Labute approximate surface area is 66.3 Å². The molecule has 0 spiro atoms. The Morgan fingerprint density at radius 2 is 2.00 bits per heavy atom. The van der Waals surface area contributed by atoms with Crippen molar-refractivity contribution in [2.45, 2.75) is 33.1 Å². The summed E-state index contributed by atoms with van der Waals surface area (Å²) >= 11 is 0. The van der Waals surface area contributed by atoms with Gasteiger partial charge in [-0.2, -0.15) is 0 Å². The van der Waals surface area contributed by atoms with E-state index in [2.05, 4.69) is 13.8 Å². The van der Waals surface area contributed by atoms with Gasteiger partial charge in [0.25, 0.3) is 5.91 Å². The minimum Gasteiger partial charge on any atom is -0.270 e. The Morgan fingerprint density at radius 3 is 2.36 bits per heavy atom. The fraction of sp³-hybridized carbons (Fsp3) is 0.857. The molecule has 0 aliphatic rings. The lowest BCUT2D eigenvalue weighted by Gasteiger charge is -2.06. The van der Waals surface area contributed by atoms with Crippen molar-refractivity contribution in [1.82, 2.24) is 5.23 Å². The van der Waals surface area contributed by atoms with E-state index in [1.807, 2.05) is 0 Å². The van der Waals surface area contributed by atoms with E-state index in [1.54, 1.807) is 0 Å². The first-order chi connectivity index (χ1) is 5.04. The van der Waals surface area contributed by atoms with Gasteiger partial charge >= 0.3 is 0 Å². The summed E-state index contributed by atoms with van der Waals surface area (Å²) in [5.74, 6) is -0.0979. The van der Waals surface area contributed by atoms with Gasteiger partial charge < -0.3 is 0 Å². The maximum absolute atomic E-state index is 10.6. The summed E-state index contributed by atoms with van der Waals surface area (Å²) in [5.41, 5.74) is 0. The molecule has 4 heteroatoms. The zero-order chi connectivity index (χ0) is 8.85. The van der Waals surface area contributed by atoms with Gasteiger partial charge in [-0.25, -0.2) is 0 Å². The van der Waals surface area contributed by atoms with Crippen LogP contribution < -0.4 is 0 Å². The second-order valence-corrected chi connectivity index (χ2v) is 2.97. The van der Waals surface area contributed by atoms with Crippen LogP contribution in [0.3, 0.4) is 0 Å². The van der Waals surface area contributed by atoms with Gasteiger partial charge in [0.2, 0.25) is 0 Å². The van der Waals surface area contributed by atoms with E-state index in [1.165, 1.54) is 0 Å². The molecule has 0 rings (SSSR count). The molecule has 2 N–H and O–H groups in total. The summed E-state index contributed by atoms with van der Waals surface area (Å²) in [6.45, 7) is 4.11. The fourth-order valence-electron chi connectivity index (χ4n) is 0.762. The smallest absolute Gasteiger partial charge is 0.270 e. The highest BCUT2D eigenvalue weighted by molar-refractivity contribution is 5.73. The standard InChI is InChI=1S/C7H15NO3/c1-6(2)4-3-5-7(9)8(10)11/h6,10-11H,3-5H2,1-2H3. The normalized spacial score (nSPS) is 10.3. The quantitative estimate of drug-likeness (QED) is 0.484. The van der Waals surface area contributed by atoms with Crippen molar-refractivity contribution in [3.63, 3.8) is 0 Å². The molecule has 0 bridgehead atoms. The number of nitrogens with zero attached hydrogens (tertiary/aromatic N) is 1. The molecule has 0 aliphatic carbocycles. The van der Waals surface area contributed by atoms with E-state index >= 15 is 0 Å². The van der Waals surface area contributed by atoms with Crippen LogP contribution in [0, 0.1) is 5.92 Å². The molecule has 0 unspecified atom stereocenters. The SMILES string of the molecule is CC(C)CCCC(=O)N(O)O. The van der Waals surface area contributed by atoms with Gasteiger partial charge in [-0.15, -0.1) is 0 Å². The number of hydrogen-bond acceptors (Lipinski definition) is 3. The molecule has 0 aromatic heterocycles. The maximum atomic E-state index is 10.6. The van der Waals surface area contributed by atoms with Gasteiger partial charge in [-0.05, 0) is 12.3 Å². The first-order valence-electron chi connectivity index (χ1n) is 3.74. The predicted octanol–water partition coefficient (Wildman–Crippen LogP) is 1.42. The summed E-state index contributed by atoms with van der Waals surface area (Å²) in [6.07, 6.45) is 1.83.